The summed E-state index contributed by atoms with van der Waals surface area (Å²) in [5.74, 6) is -1.50. The molecule has 0 amide bonds. The number of rotatable bonds is 2. The Morgan fingerprint density at radius 1 is 0.679 bits per heavy atom. The predicted octanol–water partition coefficient (Wildman–Crippen LogP) is -6.15. The van der Waals surface area contributed by atoms with E-state index in [0.29, 0.717) is 0 Å². The number of anilines is 2. The van der Waals surface area contributed by atoms with E-state index < -0.39 is 64.5 Å². The minimum absolute atomic E-state index is 0. The molecular formula is C14H12N2Na2O8S2. The maximum absolute atomic E-state index is 11.9. The van der Waals surface area contributed by atoms with Gasteiger partial charge in [-0.05, 0) is 24.3 Å². The van der Waals surface area contributed by atoms with E-state index in [0.717, 1.165) is 24.3 Å². The monoisotopic (exact) mass is 446 g/mol. The molecule has 2 atom stereocenters. The maximum Gasteiger partial charge on any atom is 1.00 e. The molecule has 3 rings (SSSR count). The second-order valence-corrected chi connectivity index (χ2v) is 8.66. The largest absolute Gasteiger partial charge is 1.00 e. The molecule has 14 heteroatoms. The molecule has 0 spiro atoms. The number of benzene rings is 2. The van der Waals surface area contributed by atoms with Crippen LogP contribution in [0.5, 0.6) is 11.5 Å². The van der Waals surface area contributed by atoms with Crippen LogP contribution in [0.4, 0.5) is 11.4 Å². The molecule has 2 aromatic carbocycles. The van der Waals surface area contributed by atoms with Gasteiger partial charge in [0.1, 0.15) is 42.2 Å². The summed E-state index contributed by atoms with van der Waals surface area (Å²) >= 11 is 0. The summed E-state index contributed by atoms with van der Waals surface area (Å²) in [6.07, 6.45) is 0. The van der Waals surface area contributed by atoms with Gasteiger partial charge >= 0.3 is 59.1 Å². The molecule has 1 aliphatic carbocycles. The van der Waals surface area contributed by atoms with Gasteiger partial charge in [0.05, 0.1) is 0 Å². The zero-order valence-electron chi connectivity index (χ0n) is 14.8. The third-order valence-electron chi connectivity index (χ3n) is 4.22. The summed E-state index contributed by atoms with van der Waals surface area (Å²) in [6.45, 7) is 0. The minimum Gasteiger partial charge on any atom is -0.747 e. The molecule has 140 valence electrons. The van der Waals surface area contributed by atoms with Crippen LogP contribution >= 0.6 is 0 Å². The zero-order valence-corrected chi connectivity index (χ0v) is 20.4. The summed E-state index contributed by atoms with van der Waals surface area (Å²) in [5.41, 5.74) is 8.33. The van der Waals surface area contributed by atoms with E-state index in [1.54, 1.807) is 0 Å². The van der Waals surface area contributed by atoms with Crippen molar-refractivity contribution in [2.75, 3.05) is 11.5 Å². The molecule has 0 bridgehead atoms. The third-order valence-corrected chi connectivity index (χ3v) is 6.32. The van der Waals surface area contributed by atoms with Crippen molar-refractivity contribution in [3.05, 3.63) is 46.5 Å². The number of hydrogen-bond donors (Lipinski definition) is 4. The first-order chi connectivity index (χ1) is 11.9. The van der Waals surface area contributed by atoms with Gasteiger partial charge in [0.2, 0.25) is 0 Å². The number of phenols is 2. The van der Waals surface area contributed by atoms with Gasteiger partial charge in [-0.2, -0.15) is 0 Å². The van der Waals surface area contributed by atoms with Crippen molar-refractivity contribution in [2.24, 2.45) is 0 Å². The van der Waals surface area contributed by atoms with E-state index in [9.17, 15) is 36.2 Å². The Morgan fingerprint density at radius 2 is 0.964 bits per heavy atom. The Kier molecular flexibility index (Phi) is 7.56. The van der Waals surface area contributed by atoms with Crippen LogP contribution in [0.2, 0.25) is 0 Å². The molecule has 2 unspecified atom stereocenters. The number of fused-ring (bicyclic) bond motifs is 2. The molecule has 6 N–H and O–H groups in total. The van der Waals surface area contributed by atoms with Gasteiger partial charge in [-0.15, -0.1) is 0 Å². The molecule has 2 aromatic rings. The fraction of sp³-hybridized carbons (Fsp3) is 0.143. The molecular weight excluding hydrogens is 434 g/mol. The van der Waals surface area contributed by atoms with Crippen LogP contribution in [0, 0.1) is 0 Å². The van der Waals surface area contributed by atoms with Crippen LogP contribution in [0.1, 0.15) is 32.8 Å². The van der Waals surface area contributed by atoms with Gasteiger partial charge in [-0.3, -0.25) is 0 Å². The van der Waals surface area contributed by atoms with E-state index in [2.05, 4.69) is 0 Å². The van der Waals surface area contributed by atoms with Crippen LogP contribution in [-0.4, -0.2) is 36.2 Å². The molecule has 0 aromatic heterocycles. The van der Waals surface area contributed by atoms with Crippen LogP contribution in [0.3, 0.4) is 0 Å². The zero-order chi connectivity index (χ0) is 19.6. The topological polar surface area (TPSA) is 207 Å². The van der Waals surface area contributed by atoms with Crippen molar-refractivity contribution in [2.45, 2.75) is 10.5 Å². The SMILES string of the molecule is Nc1ccc(O)c2c1C(S(=O)(=O)[O-])c1c(O)ccc(N)c1C2S(=O)(=O)[O-].[Na+].[Na+]. The standard InChI is InChI=1S/C14H14N2O8S2.2Na/c15-5-1-3-7(17)11-9(5)13(25(19,20)21)12-8(18)4-2-6(16)10(12)14(11)26(22,23)24;;/h1-4,13-14,17-18H,15-16H2,(H,19,20,21)(H,22,23,24);;/q;2*+1/p-2. The molecule has 28 heavy (non-hydrogen) atoms. The fourth-order valence-electron chi connectivity index (χ4n) is 3.29. The van der Waals surface area contributed by atoms with Gasteiger partial charge in [0.15, 0.2) is 0 Å². The van der Waals surface area contributed by atoms with Crippen LogP contribution < -0.4 is 70.6 Å². The van der Waals surface area contributed by atoms with Crippen molar-refractivity contribution in [3.8, 4) is 11.5 Å². The third kappa shape index (κ3) is 4.03. The molecule has 0 saturated carbocycles. The maximum atomic E-state index is 11.9. The van der Waals surface area contributed by atoms with E-state index >= 15 is 0 Å². The van der Waals surface area contributed by atoms with Crippen molar-refractivity contribution in [3.63, 3.8) is 0 Å². The summed E-state index contributed by atoms with van der Waals surface area (Å²) in [7, 11) is -10.5. The Morgan fingerprint density at radius 3 is 1.21 bits per heavy atom. The van der Waals surface area contributed by atoms with Gasteiger partial charge < -0.3 is 30.8 Å². The smallest absolute Gasteiger partial charge is 0.747 e. The van der Waals surface area contributed by atoms with Crippen molar-refractivity contribution in [1.29, 1.82) is 0 Å². The fourth-order valence-corrected chi connectivity index (χ4v) is 5.46. The number of nitrogen functional groups attached to an aromatic ring is 2. The van der Waals surface area contributed by atoms with Crippen LogP contribution in [-0.2, 0) is 20.2 Å². The van der Waals surface area contributed by atoms with Gasteiger partial charge in [0, 0.05) is 33.6 Å². The number of hydrogen-bond acceptors (Lipinski definition) is 10. The molecule has 0 aliphatic heterocycles. The van der Waals surface area contributed by atoms with E-state index in [1.807, 2.05) is 0 Å². The summed E-state index contributed by atoms with van der Waals surface area (Å²) in [6, 6.07) is 4.03. The molecule has 0 fully saturated rings. The van der Waals surface area contributed by atoms with Gasteiger partial charge in [-0.1, -0.05) is 0 Å². The molecule has 0 heterocycles. The summed E-state index contributed by atoms with van der Waals surface area (Å²) < 4.78 is 71.5. The molecule has 0 radical (unpaired) electrons. The average molecular weight is 446 g/mol. The molecule has 0 saturated heterocycles. The van der Waals surface area contributed by atoms with Crippen molar-refractivity contribution < 1.29 is 95.3 Å². The second kappa shape index (κ2) is 8.30. The molecule has 1 aliphatic rings. The molecule has 10 nitrogen and oxygen atoms in total. The van der Waals surface area contributed by atoms with E-state index in [4.69, 9.17) is 11.5 Å². The first-order valence-electron chi connectivity index (χ1n) is 6.97. The first kappa shape index (κ1) is 25.5. The Bertz CT molecular complexity index is 1000. The van der Waals surface area contributed by atoms with Gasteiger partial charge in [-0.25, -0.2) is 16.8 Å². The quantitative estimate of drug-likeness (QED) is 0.148. The average Bonchev–Trinajstić information content (AvgIpc) is 2.50. The van der Waals surface area contributed by atoms with E-state index in [-0.39, 0.29) is 70.5 Å². The number of nitrogens with two attached hydrogens (primary N) is 2. The Labute approximate surface area is 205 Å². The normalized spacial score (nSPS) is 18.2. The Balaban J connectivity index is 0.00000196. The van der Waals surface area contributed by atoms with Crippen LogP contribution in [0.15, 0.2) is 24.3 Å². The first-order valence-corrected chi connectivity index (χ1v) is 9.91. The van der Waals surface area contributed by atoms with Crippen molar-refractivity contribution >= 4 is 31.6 Å². The minimum atomic E-state index is -5.25. The van der Waals surface area contributed by atoms with Crippen molar-refractivity contribution in [1.82, 2.24) is 0 Å². The number of aromatic hydroxyl groups is 2. The number of phenolic OH excluding ortho intramolecular Hbond substituents is 2. The Hall–Kier alpha value is -0.540. The van der Waals surface area contributed by atoms with Crippen LogP contribution in [0.25, 0.3) is 0 Å². The summed E-state index contributed by atoms with van der Waals surface area (Å²) in [5, 5.41) is 15.9. The van der Waals surface area contributed by atoms with E-state index in [1.165, 1.54) is 0 Å². The predicted molar refractivity (Wildman–Crippen MR) is 88.1 cm³/mol. The second-order valence-electron chi connectivity index (χ2n) is 5.75. The van der Waals surface area contributed by atoms with Gasteiger partial charge in [0.25, 0.3) is 0 Å². The summed E-state index contributed by atoms with van der Waals surface area (Å²) in [4.78, 5) is 0.